The highest BCUT2D eigenvalue weighted by molar-refractivity contribution is 7.71. The molecule has 0 bridgehead atoms. The first-order valence-electron chi connectivity index (χ1n) is 6.21. The number of rotatable bonds is 6. The summed E-state index contributed by atoms with van der Waals surface area (Å²) in [7, 11) is 1.62. The average molecular weight is 292 g/mol. The van der Waals surface area contributed by atoms with Crippen molar-refractivity contribution in [1.82, 2.24) is 14.9 Å². The van der Waals surface area contributed by atoms with Crippen molar-refractivity contribution < 1.29 is 9.47 Å². The molecule has 106 valence electrons. The van der Waals surface area contributed by atoms with Crippen LogP contribution in [0.3, 0.4) is 0 Å². The van der Waals surface area contributed by atoms with Gasteiger partial charge in [0.25, 0.3) is 0 Å². The summed E-state index contributed by atoms with van der Waals surface area (Å²) in [6, 6.07) is 5.62. The molecule has 2 rings (SSSR count). The van der Waals surface area contributed by atoms with E-state index in [9.17, 15) is 0 Å². The van der Waals surface area contributed by atoms with Crippen LogP contribution in [0.25, 0.3) is 0 Å². The van der Waals surface area contributed by atoms with Crippen molar-refractivity contribution in [2.75, 3.05) is 13.7 Å². The quantitative estimate of drug-likeness (QED) is 0.656. The van der Waals surface area contributed by atoms with Crippen molar-refractivity contribution in [2.24, 2.45) is 5.10 Å². The fraction of sp³-hybridized carbons (Fsp3) is 0.308. The summed E-state index contributed by atoms with van der Waals surface area (Å²) in [5.41, 5.74) is 0.889. The Balaban J connectivity index is 2.22. The molecule has 1 aromatic heterocycles. The molecule has 0 aliphatic rings. The first-order chi connectivity index (χ1) is 9.74. The summed E-state index contributed by atoms with van der Waals surface area (Å²) >= 11 is 5.01. The molecule has 0 aliphatic heterocycles. The van der Waals surface area contributed by atoms with Crippen LogP contribution in [0.5, 0.6) is 11.5 Å². The van der Waals surface area contributed by atoms with E-state index in [-0.39, 0.29) is 0 Å². The molecule has 1 heterocycles. The largest absolute Gasteiger partial charge is 0.493 e. The van der Waals surface area contributed by atoms with E-state index in [4.69, 9.17) is 21.7 Å². The van der Waals surface area contributed by atoms with Crippen molar-refractivity contribution in [3.05, 3.63) is 34.9 Å². The van der Waals surface area contributed by atoms with E-state index in [0.717, 1.165) is 12.0 Å². The van der Waals surface area contributed by atoms with Crippen LogP contribution in [0, 0.1) is 4.77 Å². The smallest absolute Gasteiger partial charge is 0.216 e. The van der Waals surface area contributed by atoms with Crippen LogP contribution in [0.4, 0.5) is 0 Å². The summed E-state index contributed by atoms with van der Waals surface area (Å²) in [5, 5.41) is 10.6. The Kier molecular flexibility index (Phi) is 4.89. The fourth-order valence-electron chi connectivity index (χ4n) is 1.55. The number of aromatic amines is 1. The van der Waals surface area contributed by atoms with Crippen LogP contribution in [-0.2, 0) is 0 Å². The van der Waals surface area contributed by atoms with E-state index in [1.54, 1.807) is 13.3 Å². The number of aromatic nitrogens is 3. The maximum atomic E-state index is 5.65. The van der Waals surface area contributed by atoms with Gasteiger partial charge in [-0.25, -0.2) is 0 Å². The number of benzene rings is 1. The Hall–Kier alpha value is -2.15. The standard InChI is InChI=1S/C13H16N4O2S/c1-3-6-19-12-7-10(4-5-11(12)18-2)8-15-17-9-14-16-13(17)20/h4-5,7-9H,3,6H2,1-2H3,(H,16,20)/b15-8-. The van der Waals surface area contributed by atoms with E-state index >= 15 is 0 Å². The third-order valence-electron chi connectivity index (χ3n) is 2.52. The number of hydrogen-bond acceptors (Lipinski definition) is 5. The number of nitrogens with one attached hydrogen (secondary N) is 1. The van der Waals surface area contributed by atoms with Crippen molar-refractivity contribution in [3.8, 4) is 11.5 Å². The first-order valence-corrected chi connectivity index (χ1v) is 6.62. The van der Waals surface area contributed by atoms with Gasteiger partial charge < -0.3 is 9.47 Å². The number of hydrogen-bond donors (Lipinski definition) is 1. The van der Waals surface area contributed by atoms with E-state index in [0.29, 0.717) is 22.9 Å². The SMILES string of the molecule is CCCOc1cc(/C=N\n2cn[nH]c2=S)ccc1OC. The molecule has 0 fully saturated rings. The van der Waals surface area contributed by atoms with E-state index in [2.05, 4.69) is 22.2 Å². The van der Waals surface area contributed by atoms with Crippen LogP contribution >= 0.6 is 12.2 Å². The molecule has 2 aromatic rings. The zero-order valence-corrected chi connectivity index (χ0v) is 12.2. The van der Waals surface area contributed by atoms with Gasteiger partial charge in [-0.1, -0.05) is 6.92 Å². The molecule has 1 aromatic carbocycles. The van der Waals surface area contributed by atoms with Crippen LogP contribution in [0.1, 0.15) is 18.9 Å². The molecule has 0 aliphatic carbocycles. The maximum absolute atomic E-state index is 5.65. The number of H-pyrrole nitrogens is 1. The van der Waals surface area contributed by atoms with E-state index in [1.165, 1.54) is 11.0 Å². The topological polar surface area (TPSA) is 64.4 Å². The molecule has 0 amide bonds. The monoisotopic (exact) mass is 292 g/mol. The zero-order chi connectivity index (χ0) is 14.4. The third kappa shape index (κ3) is 3.45. The van der Waals surface area contributed by atoms with Gasteiger partial charge in [0.15, 0.2) is 11.5 Å². The normalized spacial score (nSPS) is 10.9. The van der Waals surface area contributed by atoms with E-state index < -0.39 is 0 Å². The lowest BCUT2D eigenvalue weighted by Gasteiger charge is -2.10. The Morgan fingerprint density at radius 3 is 2.95 bits per heavy atom. The Labute approximate surface area is 122 Å². The summed E-state index contributed by atoms with van der Waals surface area (Å²) in [6.07, 6.45) is 4.13. The molecule has 0 unspecified atom stereocenters. The lowest BCUT2D eigenvalue weighted by molar-refractivity contribution is 0.294. The average Bonchev–Trinajstić information content (AvgIpc) is 2.88. The van der Waals surface area contributed by atoms with E-state index in [1.807, 2.05) is 18.2 Å². The van der Waals surface area contributed by atoms with Crippen molar-refractivity contribution in [2.45, 2.75) is 13.3 Å². The predicted octanol–water partition coefficient (Wildman–Crippen LogP) is 2.62. The number of nitrogens with zero attached hydrogens (tertiary/aromatic N) is 3. The minimum Gasteiger partial charge on any atom is -0.493 e. The predicted molar refractivity (Wildman–Crippen MR) is 79.2 cm³/mol. The summed E-state index contributed by atoms with van der Waals surface area (Å²) in [6.45, 7) is 2.70. The molecular weight excluding hydrogens is 276 g/mol. The molecule has 1 N–H and O–H groups in total. The maximum Gasteiger partial charge on any atom is 0.216 e. The fourth-order valence-corrected chi connectivity index (χ4v) is 1.70. The molecule has 7 heteroatoms. The van der Waals surface area contributed by atoms with Crippen molar-refractivity contribution in [3.63, 3.8) is 0 Å². The van der Waals surface area contributed by atoms with Crippen molar-refractivity contribution in [1.29, 1.82) is 0 Å². The lowest BCUT2D eigenvalue weighted by Crippen LogP contribution is -1.99. The summed E-state index contributed by atoms with van der Waals surface area (Å²) < 4.78 is 12.8. The molecule has 0 radical (unpaired) electrons. The second-order valence-corrected chi connectivity index (χ2v) is 4.40. The third-order valence-corrected chi connectivity index (χ3v) is 2.79. The highest BCUT2D eigenvalue weighted by atomic mass is 32.1. The second kappa shape index (κ2) is 6.85. The van der Waals surface area contributed by atoms with Gasteiger partial charge >= 0.3 is 0 Å². The summed E-state index contributed by atoms with van der Waals surface area (Å²) in [4.78, 5) is 0. The lowest BCUT2D eigenvalue weighted by atomic mass is 10.2. The van der Waals surface area contributed by atoms with Gasteiger partial charge in [-0.2, -0.15) is 14.9 Å². The Morgan fingerprint density at radius 1 is 1.45 bits per heavy atom. The van der Waals surface area contributed by atoms with Crippen LogP contribution in [0.15, 0.2) is 29.6 Å². The molecule has 0 saturated heterocycles. The van der Waals surface area contributed by atoms with Crippen LogP contribution in [0.2, 0.25) is 0 Å². The zero-order valence-electron chi connectivity index (χ0n) is 11.4. The van der Waals surface area contributed by atoms with Crippen molar-refractivity contribution >= 4 is 18.4 Å². The Morgan fingerprint density at radius 2 is 2.30 bits per heavy atom. The van der Waals surface area contributed by atoms with Gasteiger partial charge in [-0.3, -0.25) is 5.10 Å². The van der Waals surface area contributed by atoms with Gasteiger partial charge in [0.1, 0.15) is 6.33 Å². The molecule has 0 atom stereocenters. The van der Waals surface area contributed by atoms with Gasteiger partial charge in [-0.15, -0.1) is 0 Å². The van der Waals surface area contributed by atoms with Gasteiger partial charge in [0.05, 0.1) is 19.9 Å². The molecule has 6 nitrogen and oxygen atoms in total. The summed E-state index contributed by atoms with van der Waals surface area (Å²) in [5.74, 6) is 1.41. The highest BCUT2D eigenvalue weighted by Crippen LogP contribution is 2.27. The first kappa shape index (κ1) is 14.3. The minimum atomic E-state index is 0.442. The molecular formula is C13H16N4O2S. The van der Waals surface area contributed by atoms with Crippen LogP contribution < -0.4 is 9.47 Å². The van der Waals surface area contributed by atoms with Crippen LogP contribution in [-0.4, -0.2) is 34.8 Å². The van der Waals surface area contributed by atoms with Gasteiger partial charge in [0, 0.05) is 0 Å². The van der Waals surface area contributed by atoms with Gasteiger partial charge in [-0.05, 0) is 42.4 Å². The Bertz CT molecular complexity index is 648. The minimum absolute atomic E-state index is 0.442. The second-order valence-electron chi connectivity index (χ2n) is 4.01. The molecule has 20 heavy (non-hydrogen) atoms. The highest BCUT2D eigenvalue weighted by Gasteiger charge is 2.04. The number of ether oxygens (including phenoxy) is 2. The van der Waals surface area contributed by atoms with Gasteiger partial charge in [0.2, 0.25) is 4.77 Å². The molecule has 0 saturated carbocycles. The number of methoxy groups -OCH3 is 1. The molecule has 0 spiro atoms.